The third-order valence-corrected chi connectivity index (χ3v) is 5.27. The number of guanidine groups is 1. The number of aryl methyl sites for hydroxylation is 2. The van der Waals surface area contributed by atoms with Crippen LogP contribution in [0, 0.1) is 0 Å². The normalized spacial score (nSPS) is 19.0. The molecular formula is C15H28N6S. The van der Waals surface area contributed by atoms with E-state index in [1.165, 1.54) is 0 Å². The van der Waals surface area contributed by atoms with Crippen molar-refractivity contribution in [1.82, 2.24) is 25.4 Å². The Morgan fingerprint density at radius 2 is 2.27 bits per heavy atom. The van der Waals surface area contributed by atoms with Gasteiger partial charge in [-0.05, 0) is 26.5 Å². The summed E-state index contributed by atoms with van der Waals surface area (Å²) in [6, 6.07) is 0.350. The largest absolute Gasteiger partial charge is 0.355 e. The molecule has 2 rings (SSSR count). The van der Waals surface area contributed by atoms with Crippen molar-refractivity contribution in [3.8, 4) is 0 Å². The summed E-state index contributed by atoms with van der Waals surface area (Å²) < 4.78 is 2.23. The summed E-state index contributed by atoms with van der Waals surface area (Å²) in [4.78, 5) is 8.89. The molecule has 1 atom stereocenters. The molecule has 124 valence electrons. The quantitative estimate of drug-likeness (QED) is 0.634. The number of nitrogens with zero attached hydrogens (tertiary/aromatic N) is 4. The number of rotatable bonds is 5. The van der Waals surface area contributed by atoms with E-state index in [-0.39, 0.29) is 4.75 Å². The van der Waals surface area contributed by atoms with Gasteiger partial charge in [0.2, 0.25) is 0 Å². The van der Waals surface area contributed by atoms with Gasteiger partial charge in [0.1, 0.15) is 5.82 Å². The van der Waals surface area contributed by atoms with Crippen molar-refractivity contribution in [3.63, 3.8) is 0 Å². The predicted octanol–water partition coefficient (Wildman–Crippen LogP) is 1.46. The van der Waals surface area contributed by atoms with Gasteiger partial charge in [-0.15, -0.1) is 0 Å². The van der Waals surface area contributed by atoms with Crippen LogP contribution in [0.1, 0.15) is 38.8 Å². The second-order valence-electron chi connectivity index (χ2n) is 6.25. The molecule has 0 amide bonds. The molecule has 0 aromatic carbocycles. The molecule has 1 aromatic heterocycles. The van der Waals surface area contributed by atoms with Gasteiger partial charge in [-0.2, -0.15) is 16.9 Å². The van der Waals surface area contributed by atoms with E-state index in [4.69, 9.17) is 0 Å². The summed E-state index contributed by atoms with van der Waals surface area (Å²) in [5.74, 6) is 2.92. The summed E-state index contributed by atoms with van der Waals surface area (Å²) >= 11 is 1.85. The molecule has 0 spiro atoms. The van der Waals surface area contributed by atoms with Gasteiger partial charge in [-0.1, -0.05) is 6.92 Å². The molecule has 0 bridgehead atoms. The Bertz CT molecular complexity index is 522. The lowest BCUT2D eigenvalue weighted by Gasteiger charge is -2.28. The molecule has 0 radical (unpaired) electrons. The lowest BCUT2D eigenvalue weighted by Crippen LogP contribution is -2.49. The van der Waals surface area contributed by atoms with Crippen LogP contribution in [-0.2, 0) is 19.4 Å². The number of nitrogens with one attached hydrogen (secondary N) is 2. The Balaban J connectivity index is 1.90. The van der Waals surface area contributed by atoms with Gasteiger partial charge in [0, 0.05) is 37.2 Å². The molecule has 1 unspecified atom stereocenters. The molecule has 0 aliphatic carbocycles. The number of aliphatic imine (C=N–C) groups is 1. The van der Waals surface area contributed by atoms with E-state index in [1.54, 1.807) is 0 Å². The third-order valence-electron chi connectivity index (χ3n) is 4.02. The third kappa shape index (κ3) is 4.38. The zero-order chi connectivity index (χ0) is 16.2. The lowest BCUT2D eigenvalue weighted by molar-refractivity contribution is 0.391. The maximum absolute atomic E-state index is 4.56. The molecule has 2 N–H and O–H groups in total. The SMILES string of the molecule is CCc1nc2n(n1)CC(NC(=NC)NCC(C)(C)SC)CC2. The highest BCUT2D eigenvalue weighted by atomic mass is 32.2. The number of thioether (sulfide) groups is 1. The molecule has 22 heavy (non-hydrogen) atoms. The van der Waals surface area contributed by atoms with E-state index >= 15 is 0 Å². The van der Waals surface area contributed by atoms with Gasteiger partial charge in [-0.3, -0.25) is 4.99 Å². The average Bonchev–Trinajstić information content (AvgIpc) is 2.93. The van der Waals surface area contributed by atoms with Gasteiger partial charge < -0.3 is 10.6 Å². The van der Waals surface area contributed by atoms with E-state index in [2.05, 4.69) is 52.7 Å². The molecule has 1 aliphatic rings. The molecule has 1 aromatic rings. The maximum atomic E-state index is 4.56. The Kier molecular flexibility index (Phi) is 5.72. The topological polar surface area (TPSA) is 67.1 Å². The fraction of sp³-hybridized carbons (Fsp3) is 0.800. The van der Waals surface area contributed by atoms with Gasteiger partial charge in [0.05, 0.1) is 6.54 Å². The second kappa shape index (κ2) is 7.35. The van der Waals surface area contributed by atoms with Crippen LogP contribution in [0.2, 0.25) is 0 Å². The average molecular weight is 324 g/mol. The summed E-state index contributed by atoms with van der Waals surface area (Å²) in [5, 5.41) is 11.5. The van der Waals surface area contributed by atoms with Crippen LogP contribution in [0.25, 0.3) is 0 Å². The van der Waals surface area contributed by atoms with Crippen LogP contribution in [-0.4, -0.2) is 51.4 Å². The standard InChI is InChI=1S/C15H28N6S/c1-6-12-19-13-8-7-11(9-21(13)20-12)18-14(16-4)17-10-15(2,3)22-5/h11H,6-10H2,1-5H3,(H2,16,17,18). The van der Waals surface area contributed by atoms with Crippen LogP contribution < -0.4 is 10.6 Å². The van der Waals surface area contributed by atoms with E-state index < -0.39 is 0 Å². The van der Waals surface area contributed by atoms with E-state index in [1.807, 2.05) is 23.5 Å². The molecular weight excluding hydrogens is 296 g/mol. The van der Waals surface area contributed by atoms with Gasteiger partial charge in [0.25, 0.3) is 0 Å². The van der Waals surface area contributed by atoms with Crippen LogP contribution in [0.5, 0.6) is 0 Å². The Morgan fingerprint density at radius 1 is 1.50 bits per heavy atom. The van der Waals surface area contributed by atoms with Crippen molar-refractivity contribution in [2.24, 2.45) is 4.99 Å². The van der Waals surface area contributed by atoms with Crippen LogP contribution in [0.4, 0.5) is 0 Å². The zero-order valence-electron chi connectivity index (χ0n) is 14.3. The van der Waals surface area contributed by atoms with Crippen LogP contribution in [0.3, 0.4) is 0 Å². The van der Waals surface area contributed by atoms with Gasteiger partial charge >= 0.3 is 0 Å². The van der Waals surface area contributed by atoms with Crippen LogP contribution in [0.15, 0.2) is 4.99 Å². The van der Waals surface area contributed by atoms with E-state index in [0.29, 0.717) is 6.04 Å². The van der Waals surface area contributed by atoms with Crippen LogP contribution >= 0.6 is 11.8 Å². The minimum atomic E-state index is 0.194. The summed E-state index contributed by atoms with van der Waals surface area (Å²) in [7, 11) is 1.82. The number of fused-ring (bicyclic) bond motifs is 1. The highest BCUT2D eigenvalue weighted by Crippen LogP contribution is 2.19. The molecule has 7 heteroatoms. The lowest BCUT2D eigenvalue weighted by atomic mass is 10.1. The van der Waals surface area contributed by atoms with Crippen molar-refractivity contribution < 1.29 is 0 Å². The first-order valence-corrected chi connectivity index (χ1v) is 9.15. The Morgan fingerprint density at radius 3 is 2.91 bits per heavy atom. The highest BCUT2D eigenvalue weighted by molar-refractivity contribution is 7.99. The minimum Gasteiger partial charge on any atom is -0.355 e. The monoisotopic (exact) mass is 324 g/mol. The first kappa shape index (κ1) is 17.1. The Hall–Kier alpha value is -1.24. The number of aromatic nitrogens is 3. The minimum absolute atomic E-state index is 0.194. The molecule has 0 fully saturated rings. The fourth-order valence-electron chi connectivity index (χ4n) is 2.38. The van der Waals surface area contributed by atoms with Crippen molar-refractivity contribution >= 4 is 17.7 Å². The number of hydrogen-bond acceptors (Lipinski definition) is 4. The predicted molar refractivity (Wildman–Crippen MR) is 93.6 cm³/mol. The summed E-state index contributed by atoms with van der Waals surface area (Å²) in [6.45, 7) is 8.29. The fourth-order valence-corrected chi connectivity index (χ4v) is 2.60. The summed E-state index contributed by atoms with van der Waals surface area (Å²) in [5.41, 5.74) is 0. The molecule has 6 nitrogen and oxygen atoms in total. The van der Waals surface area contributed by atoms with E-state index in [0.717, 1.165) is 50.0 Å². The highest BCUT2D eigenvalue weighted by Gasteiger charge is 2.23. The molecule has 1 aliphatic heterocycles. The van der Waals surface area contributed by atoms with Gasteiger partial charge in [-0.25, -0.2) is 9.67 Å². The first-order chi connectivity index (χ1) is 10.5. The smallest absolute Gasteiger partial charge is 0.191 e. The zero-order valence-corrected chi connectivity index (χ0v) is 15.1. The molecule has 0 saturated carbocycles. The maximum Gasteiger partial charge on any atom is 0.191 e. The van der Waals surface area contributed by atoms with Crippen molar-refractivity contribution in [2.45, 2.75) is 57.4 Å². The van der Waals surface area contributed by atoms with E-state index in [9.17, 15) is 0 Å². The Labute approximate surface area is 137 Å². The molecule has 2 heterocycles. The summed E-state index contributed by atoms with van der Waals surface area (Å²) in [6.07, 6.45) is 5.06. The van der Waals surface area contributed by atoms with Crippen molar-refractivity contribution in [3.05, 3.63) is 11.6 Å². The first-order valence-electron chi connectivity index (χ1n) is 7.92. The molecule has 0 saturated heterocycles. The van der Waals surface area contributed by atoms with Crippen molar-refractivity contribution in [1.29, 1.82) is 0 Å². The van der Waals surface area contributed by atoms with Crippen molar-refractivity contribution in [2.75, 3.05) is 19.8 Å². The van der Waals surface area contributed by atoms with Gasteiger partial charge in [0.15, 0.2) is 11.8 Å². The number of hydrogen-bond donors (Lipinski definition) is 2. The second-order valence-corrected chi connectivity index (χ2v) is 7.76.